The van der Waals surface area contributed by atoms with Gasteiger partial charge in [0, 0.05) is 25.1 Å². The summed E-state index contributed by atoms with van der Waals surface area (Å²) in [7, 11) is 0. The van der Waals surface area contributed by atoms with Crippen LogP contribution in [0.15, 0.2) is 34.7 Å². The number of para-hydroxylation sites is 1. The summed E-state index contributed by atoms with van der Waals surface area (Å²) in [6.45, 7) is 1.88. The number of primary amides is 1. The fourth-order valence-electron chi connectivity index (χ4n) is 4.05. The highest BCUT2D eigenvalue weighted by atomic mass is 16.5. The Labute approximate surface area is 145 Å². The number of nitrogens with zero attached hydrogens (tertiary/aromatic N) is 1. The van der Waals surface area contributed by atoms with Crippen LogP contribution in [0.25, 0.3) is 11.0 Å². The van der Waals surface area contributed by atoms with Crippen LogP contribution in [0, 0.1) is 11.8 Å². The Kier molecular flexibility index (Phi) is 4.21. The third-order valence-corrected chi connectivity index (χ3v) is 5.43. The molecule has 0 spiro atoms. The first-order valence-electron chi connectivity index (χ1n) is 8.82. The van der Waals surface area contributed by atoms with Crippen molar-refractivity contribution in [2.24, 2.45) is 17.6 Å². The molecule has 2 atom stereocenters. The van der Waals surface area contributed by atoms with Gasteiger partial charge in [0.15, 0.2) is 5.76 Å². The van der Waals surface area contributed by atoms with E-state index < -0.39 is 0 Å². The maximum atomic E-state index is 12.7. The first-order chi connectivity index (χ1) is 12.1. The molecule has 0 bridgehead atoms. The van der Waals surface area contributed by atoms with E-state index >= 15 is 0 Å². The highest BCUT2D eigenvalue weighted by molar-refractivity contribution is 5.96. The standard InChI is InChI=1S/C19H22N2O4/c20-18(22)14-7-10-24-17(14)12-5-8-21(9-6-12)19(23)16-11-13-3-1-2-4-15(13)25-16/h1-4,11-12,14,17H,5-10H2,(H2,20,22)/t14-,17+/m0/s1. The Bertz CT molecular complexity index is 759. The van der Waals surface area contributed by atoms with Crippen LogP contribution in [-0.2, 0) is 9.53 Å². The van der Waals surface area contributed by atoms with Gasteiger partial charge in [-0.05, 0) is 37.3 Å². The van der Waals surface area contributed by atoms with Gasteiger partial charge in [0.05, 0.1) is 12.0 Å². The number of hydrogen-bond acceptors (Lipinski definition) is 4. The van der Waals surface area contributed by atoms with Crippen molar-refractivity contribution in [3.05, 3.63) is 36.1 Å². The van der Waals surface area contributed by atoms with Gasteiger partial charge >= 0.3 is 0 Å². The lowest BCUT2D eigenvalue weighted by molar-refractivity contribution is -0.124. The van der Waals surface area contributed by atoms with Crippen LogP contribution in [0.2, 0.25) is 0 Å². The summed E-state index contributed by atoms with van der Waals surface area (Å²) in [5, 5.41) is 0.935. The van der Waals surface area contributed by atoms with Crippen molar-refractivity contribution in [1.29, 1.82) is 0 Å². The van der Waals surface area contributed by atoms with E-state index in [4.69, 9.17) is 14.9 Å². The Morgan fingerprint density at radius 1 is 1.12 bits per heavy atom. The van der Waals surface area contributed by atoms with Gasteiger partial charge in [-0.15, -0.1) is 0 Å². The number of fused-ring (bicyclic) bond motifs is 1. The molecule has 2 saturated heterocycles. The van der Waals surface area contributed by atoms with E-state index in [-0.39, 0.29) is 29.8 Å². The molecule has 25 heavy (non-hydrogen) atoms. The van der Waals surface area contributed by atoms with Crippen LogP contribution in [-0.4, -0.2) is 42.5 Å². The zero-order valence-corrected chi connectivity index (χ0v) is 14.0. The van der Waals surface area contributed by atoms with E-state index in [1.54, 1.807) is 6.07 Å². The largest absolute Gasteiger partial charge is 0.451 e. The van der Waals surface area contributed by atoms with Gasteiger partial charge in [-0.3, -0.25) is 9.59 Å². The number of furan rings is 1. The molecule has 4 rings (SSSR count). The maximum Gasteiger partial charge on any atom is 0.289 e. The van der Waals surface area contributed by atoms with Crippen molar-refractivity contribution in [1.82, 2.24) is 4.90 Å². The van der Waals surface area contributed by atoms with E-state index in [0.29, 0.717) is 31.9 Å². The molecule has 2 fully saturated rings. The number of likely N-dealkylation sites (tertiary alicyclic amines) is 1. The number of carbonyl (C=O) groups is 2. The van der Waals surface area contributed by atoms with Gasteiger partial charge in [-0.2, -0.15) is 0 Å². The lowest BCUT2D eigenvalue weighted by Gasteiger charge is -2.35. The molecular formula is C19H22N2O4. The molecule has 0 aliphatic carbocycles. The highest BCUT2D eigenvalue weighted by Gasteiger charge is 2.40. The van der Waals surface area contributed by atoms with Crippen LogP contribution in [0.1, 0.15) is 29.8 Å². The third kappa shape index (κ3) is 3.02. The maximum absolute atomic E-state index is 12.7. The van der Waals surface area contributed by atoms with E-state index in [0.717, 1.165) is 23.8 Å². The molecule has 3 heterocycles. The molecule has 6 nitrogen and oxygen atoms in total. The fourth-order valence-corrected chi connectivity index (χ4v) is 4.05. The second kappa shape index (κ2) is 6.52. The molecule has 1 aromatic heterocycles. The van der Waals surface area contributed by atoms with Crippen molar-refractivity contribution < 1.29 is 18.7 Å². The number of benzene rings is 1. The summed E-state index contributed by atoms with van der Waals surface area (Å²) in [6.07, 6.45) is 2.25. The number of hydrogen-bond donors (Lipinski definition) is 1. The zero-order valence-electron chi connectivity index (χ0n) is 14.0. The molecule has 2 N–H and O–H groups in total. The minimum Gasteiger partial charge on any atom is -0.451 e. The summed E-state index contributed by atoms with van der Waals surface area (Å²) in [5.41, 5.74) is 6.21. The average molecular weight is 342 g/mol. The molecule has 2 aliphatic heterocycles. The van der Waals surface area contributed by atoms with Gasteiger partial charge in [-0.1, -0.05) is 18.2 Å². The molecule has 0 radical (unpaired) electrons. The number of piperidine rings is 1. The van der Waals surface area contributed by atoms with Crippen molar-refractivity contribution >= 4 is 22.8 Å². The van der Waals surface area contributed by atoms with E-state index in [1.165, 1.54) is 0 Å². The van der Waals surface area contributed by atoms with Crippen molar-refractivity contribution in [2.75, 3.05) is 19.7 Å². The lowest BCUT2D eigenvalue weighted by atomic mass is 9.84. The van der Waals surface area contributed by atoms with E-state index in [2.05, 4.69) is 0 Å². The Balaban J connectivity index is 1.41. The first-order valence-corrected chi connectivity index (χ1v) is 8.82. The van der Waals surface area contributed by atoms with Gasteiger partial charge in [-0.25, -0.2) is 0 Å². The van der Waals surface area contributed by atoms with Gasteiger partial charge in [0.2, 0.25) is 5.91 Å². The summed E-state index contributed by atoms with van der Waals surface area (Å²) < 4.78 is 11.4. The monoisotopic (exact) mass is 342 g/mol. The number of rotatable bonds is 3. The van der Waals surface area contributed by atoms with E-state index in [1.807, 2.05) is 29.2 Å². The highest BCUT2D eigenvalue weighted by Crippen LogP contribution is 2.33. The quantitative estimate of drug-likeness (QED) is 0.926. The number of nitrogens with two attached hydrogens (primary N) is 1. The Hall–Kier alpha value is -2.34. The molecule has 0 saturated carbocycles. The lowest BCUT2D eigenvalue weighted by Crippen LogP contribution is -2.44. The van der Waals surface area contributed by atoms with Crippen molar-refractivity contribution in [2.45, 2.75) is 25.4 Å². The molecule has 2 amide bonds. The predicted octanol–water partition coefficient (Wildman–Crippen LogP) is 2.18. The van der Waals surface area contributed by atoms with Gasteiger partial charge < -0.3 is 19.8 Å². The molecule has 2 aromatic rings. The van der Waals surface area contributed by atoms with Crippen molar-refractivity contribution in [3.63, 3.8) is 0 Å². The Morgan fingerprint density at radius 2 is 1.88 bits per heavy atom. The number of carbonyl (C=O) groups excluding carboxylic acids is 2. The molecule has 1 aromatic carbocycles. The molecule has 0 unspecified atom stereocenters. The SMILES string of the molecule is NC(=O)[C@H]1CCO[C@@H]1C1CCN(C(=O)c2cc3ccccc3o2)CC1. The molecule has 6 heteroatoms. The van der Waals surface area contributed by atoms with Gasteiger partial charge in [0.1, 0.15) is 5.58 Å². The smallest absolute Gasteiger partial charge is 0.289 e. The summed E-state index contributed by atoms with van der Waals surface area (Å²) >= 11 is 0. The molecule has 2 aliphatic rings. The third-order valence-electron chi connectivity index (χ3n) is 5.43. The van der Waals surface area contributed by atoms with Gasteiger partial charge in [0.25, 0.3) is 5.91 Å². The fraction of sp³-hybridized carbons (Fsp3) is 0.474. The van der Waals surface area contributed by atoms with Crippen LogP contribution >= 0.6 is 0 Å². The summed E-state index contributed by atoms with van der Waals surface area (Å²) in [6, 6.07) is 9.41. The van der Waals surface area contributed by atoms with E-state index in [9.17, 15) is 9.59 Å². The van der Waals surface area contributed by atoms with Crippen LogP contribution in [0.5, 0.6) is 0 Å². The van der Waals surface area contributed by atoms with Crippen LogP contribution in [0.3, 0.4) is 0 Å². The normalized spacial score (nSPS) is 24.7. The molecular weight excluding hydrogens is 320 g/mol. The first kappa shape index (κ1) is 16.1. The summed E-state index contributed by atoms with van der Waals surface area (Å²) in [4.78, 5) is 26.1. The minimum absolute atomic E-state index is 0.0755. The number of amides is 2. The second-order valence-corrected chi connectivity index (χ2v) is 6.91. The van der Waals surface area contributed by atoms with Crippen LogP contribution < -0.4 is 5.73 Å². The molecule has 132 valence electrons. The topological polar surface area (TPSA) is 85.8 Å². The zero-order chi connectivity index (χ0) is 17.4. The summed E-state index contributed by atoms with van der Waals surface area (Å²) in [5.74, 6) is 0.117. The predicted molar refractivity (Wildman–Crippen MR) is 91.9 cm³/mol. The van der Waals surface area contributed by atoms with Crippen molar-refractivity contribution in [3.8, 4) is 0 Å². The minimum atomic E-state index is -0.275. The Morgan fingerprint density at radius 3 is 2.60 bits per heavy atom. The second-order valence-electron chi connectivity index (χ2n) is 6.91. The average Bonchev–Trinajstić information content (AvgIpc) is 3.28. The number of ether oxygens (including phenoxy) is 1. The van der Waals surface area contributed by atoms with Crippen LogP contribution in [0.4, 0.5) is 0 Å².